The summed E-state index contributed by atoms with van der Waals surface area (Å²) in [5.74, 6) is 0.544. The molecule has 0 atom stereocenters. The summed E-state index contributed by atoms with van der Waals surface area (Å²) in [7, 11) is 3.36. The highest BCUT2D eigenvalue weighted by atomic mass is 16.5. The molecule has 7 heteroatoms. The highest BCUT2D eigenvalue weighted by Gasteiger charge is 2.14. The summed E-state index contributed by atoms with van der Waals surface area (Å²) in [6.45, 7) is 2.20. The van der Waals surface area contributed by atoms with Crippen LogP contribution in [0.25, 0.3) is 11.0 Å². The molecule has 0 aliphatic carbocycles. The molecule has 146 valence electrons. The summed E-state index contributed by atoms with van der Waals surface area (Å²) >= 11 is 0. The molecule has 0 fully saturated rings. The SMILES string of the molecule is COc1cccc(NC(=O)CN(C)Cc2cc(=O)oc3c(C)c(O)ccc23)c1. The van der Waals surface area contributed by atoms with E-state index in [4.69, 9.17) is 9.15 Å². The van der Waals surface area contributed by atoms with Crippen molar-refractivity contribution in [3.8, 4) is 11.5 Å². The third kappa shape index (κ3) is 4.32. The van der Waals surface area contributed by atoms with Crippen molar-refractivity contribution in [1.29, 1.82) is 0 Å². The van der Waals surface area contributed by atoms with Crippen LogP contribution in [-0.2, 0) is 11.3 Å². The molecule has 0 radical (unpaired) electrons. The van der Waals surface area contributed by atoms with Crippen LogP contribution in [0.4, 0.5) is 5.69 Å². The topological polar surface area (TPSA) is 92.0 Å². The van der Waals surface area contributed by atoms with Crippen molar-refractivity contribution in [3.63, 3.8) is 0 Å². The first-order valence-corrected chi connectivity index (χ1v) is 8.75. The van der Waals surface area contributed by atoms with Crippen molar-refractivity contribution in [2.24, 2.45) is 0 Å². The number of carbonyl (C=O) groups is 1. The Bertz CT molecular complexity index is 1070. The second-order valence-corrected chi connectivity index (χ2v) is 6.63. The first kappa shape index (κ1) is 19.4. The molecular formula is C21H22N2O5. The Morgan fingerprint density at radius 1 is 1.25 bits per heavy atom. The number of methoxy groups -OCH3 is 1. The van der Waals surface area contributed by atoms with Gasteiger partial charge in [0.2, 0.25) is 5.91 Å². The van der Waals surface area contributed by atoms with Crippen LogP contribution in [0.1, 0.15) is 11.1 Å². The van der Waals surface area contributed by atoms with E-state index in [1.807, 2.05) is 0 Å². The number of phenolic OH excluding ortho intramolecular Hbond substituents is 1. The van der Waals surface area contributed by atoms with E-state index in [0.717, 1.165) is 10.9 Å². The molecule has 1 heterocycles. The van der Waals surface area contributed by atoms with Gasteiger partial charge in [0.05, 0.1) is 13.7 Å². The molecule has 1 aromatic heterocycles. The zero-order valence-electron chi connectivity index (χ0n) is 16.0. The van der Waals surface area contributed by atoms with Gasteiger partial charge in [0, 0.05) is 35.3 Å². The van der Waals surface area contributed by atoms with Gasteiger partial charge in [-0.15, -0.1) is 0 Å². The van der Waals surface area contributed by atoms with Crippen molar-refractivity contribution in [2.45, 2.75) is 13.5 Å². The zero-order chi connectivity index (χ0) is 20.3. The van der Waals surface area contributed by atoms with E-state index >= 15 is 0 Å². The van der Waals surface area contributed by atoms with Gasteiger partial charge in [-0.2, -0.15) is 0 Å². The number of aromatic hydroxyl groups is 1. The van der Waals surface area contributed by atoms with E-state index < -0.39 is 5.63 Å². The van der Waals surface area contributed by atoms with Crippen LogP contribution in [0.3, 0.4) is 0 Å². The molecule has 1 amide bonds. The Morgan fingerprint density at radius 3 is 2.79 bits per heavy atom. The van der Waals surface area contributed by atoms with Crippen LogP contribution in [-0.4, -0.2) is 36.6 Å². The molecule has 7 nitrogen and oxygen atoms in total. The molecule has 0 bridgehead atoms. The fourth-order valence-corrected chi connectivity index (χ4v) is 3.04. The first-order chi connectivity index (χ1) is 13.4. The number of fused-ring (bicyclic) bond motifs is 1. The summed E-state index contributed by atoms with van der Waals surface area (Å²) in [5.41, 5.74) is 1.75. The maximum atomic E-state index is 12.3. The second kappa shape index (κ2) is 8.14. The van der Waals surface area contributed by atoms with Crippen LogP contribution in [0.2, 0.25) is 0 Å². The maximum Gasteiger partial charge on any atom is 0.336 e. The van der Waals surface area contributed by atoms with Gasteiger partial charge in [0.1, 0.15) is 17.1 Å². The van der Waals surface area contributed by atoms with Crippen LogP contribution >= 0.6 is 0 Å². The summed E-state index contributed by atoms with van der Waals surface area (Å²) < 4.78 is 10.4. The lowest BCUT2D eigenvalue weighted by molar-refractivity contribution is -0.117. The lowest BCUT2D eigenvalue weighted by Gasteiger charge is -2.17. The molecule has 28 heavy (non-hydrogen) atoms. The van der Waals surface area contributed by atoms with Gasteiger partial charge in [0.15, 0.2) is 0 Å². The molecule has 2 N–H and O–H groups in total. The predicted molar refractivity (Wildman–Crippen MR) is 107 cm³/mol. The van der Waals surface area contributed by atoms with Gasteiger partial charge in [-0.3, -0.25) is 9.69 Å². The third-order valence-electron chi connectivity index (χ3n) is 4.43. The number of nitrogens with one attached hydrogen (secondary N) is 1. The summed E-state index contributed by atoms with van der Waals surface area (Å²) in [5, 5.41) is 13.4. The van der Waals surface area contributed by atoms with Crippen molar-refractivity contribution in [2.75, 3.05) is 26.0 Å². The normalized spacial score (nSPS) is 11.0. The fourth-order valence-electron chi connectivity index (χ4n) is 3.04. The number of ether oxygens (including phenoxy) is 1. The minimum Gasteiger partial charge on any atom is -0.508 e. The third-order valence-corrected chi connectivity index (χ3v) is 4.43. The van der Waals surface area contributed by atoms with Crippen molar-refractivity contribution < 1.29 is 19.1 Å². The number of phenols is 1. The lowest BCUT2D eigenvalue weighted by Crippen LogP contribution is -2.30. The Morgan fingerprint density at radius 2 is 2.04 bits per heavy atom. The van der Waals surface area contributed by atoms with Gasteiger partial charge < -0.3 is 19.6 Å². The number of nitrogens with zero attached hydrogens (tertiary/aromatic N) is 1. The van der Waals surface area contributed by atoms with Crippen molar-refractivity contribution >= 4 is 22.6 Å². The minimum absolute atomic E-state index is 0.0684. The smallest absolute Gasteiger partial charge is 0.336 e. The number of rotatable bonds is 6. The van der Waals surface area contributed by atoms with Gasteiger partial charge in [0.25, 0.3) is 0 Å². The van der Waals surface area contributed by atoms with Crippen LogP contribution in [0, 0.1) is 6.92 Å². The van der Waals surface area contributed by atoms with E-state index in [1.165, 1.54) is 6.07 Å². The van der Waals surface area contributed by atoms with E-state index in [-0.39, 0.29) is 18.2 Å². The molecule has 2 aromatic carbocycles. The Hall–Kier alpha value is -3.32. The number of hydrogen-bond donors (Lipinski definition) is 2. The fraction of sp³-hybridized carbons (Fsp3) is 0.238. The number of hydrogen-bond acceptors (Lipinski definition) is 6. The molecule has 0 aliphatic heterocycles. The van der Waals surface area contributed by atoms with Crippen molar-refractivity contribution in [1.82, 2.24) is 4.90 Å². The molecular weight excluding hydrogens is 360 g/mol. The predicted octanol–water partition coefficient (Wildman–Crippen LogP) is 2.89. The number of amides is 1. The van der Waals surface area contributed by atoms with Crippen LogP contribution < -0.4 is 15.7 Å². The molecule has 3 rings (SSSR count). The Balaban J connectivity index is 1.74. The number of benzene rings is 2. The van der Waals surface area contributed by atoms with E-state index in [0.29, 0.717) is 29.1 Å². The highest BCUT2D eigenvalue weighted by Crippen LogP contribution is 2.27. The highest BCUT2D eigenvalue weighted by molar-refractivity contribution is 5.92. The summed E-state index contributed by atoms with van der Waals surface area (Å²) in [6.07, 6.45) is 0. The van der Waals surface area contributed by atoms with E-state index in [2.05, 4.69) is 5.32 Å². The molecule has 0 aliphatic rings. The minimum atomic E-state index is -0.495. The Kier molecular flexibility index (Phi) is 5.65. The zero-order valence-corrected chi connectivity index (χ0v) is 16.0. The second-order valence-electron chi connectivity index (χ2n) is 6.63. The van der Waals surface area contributed by atoms with Gasteiger partial charge >= 0.3 is 5.63 Å². The van der Waals surface area contributed by atoms with E-state index in [1.54, 1.807) is 62.4 Å². The van der Waals surface area contributed by atoms with Gasteiger partial charge in [-0.05, 0) is 43.8 Å². The molecule has 0 saturated carbocycles. The quantitative estimate of drug-likeness (QED) is 0.637. The molecule has 0 saturated heterocycles. The van der Waals surface area contributed by atoms with E-state index in [9.17, 15) is 14.7 Å². The van der Waals surface area contributed by atoms with Crippen LogP contribution in [0.15, 0.2) is 51.7 Å². The average Bonchev–Trinajstić information content (AvgIpc) is 2.65. The Labute approximate surface area is 162 Å². The van der Waals surface area contributed by atoms with Gasteiger partial charge in [-0.25, -0.2) is 4.79 Å². The standard InChI is InChI=1S/C21H22N2O5/c1-13-18(24)8-7-17-14(9-20(26)28-21(13)17)11-23(2)12-19(25)22-15-5-4-6-16(10-15)27-3/h4-10,24H,11-12H2,1-3H3,(H,22,25). The first-order valence-electron chi connectivity index (χ1n) is 8.75. The number of likely N-dealkylation sites (N-methyl/N-ethyl adjacent to an activating group) is 1. The van der Waals surface area contributed by atoms with Crippen LogP contribution in [0.5, 0.6) is 11.5 Å². The number of anilines is 1. The number of carbonyl (C=O) groups excluding carboxylic acids is 1. The molecule has 3 aromatic rings. The summed E-state index contributed by atoms with van der Waals surface area (Å²) in [4.78, 5) is 26.0. The lowest BCUT2D eigenvalue weighted by atomic mass is 10.1. The monoisotopic (exact) mass is 382 g/mol. The molecule has 0 unspecified atom stereocenters. The van der Waals surface area contributed by atoms with Gasteiger partial charge in [-0.1, -0.05) is 6.07 Å². The molecule has 0 spiro atoms. The largest absolute Gasteiger partial charge is 0.508 e. The summed E-state index contributed by atoms with van der Waals surface area (Å²) in [6, 6.07) is 11.8. The average molecular weight is 382 g/mol. The maximum absolute atomic E-state index is 12.3. The van der Waals surface area contributed by atoms with Crippen molar-refractivity contribution in [3.05, 3.63) is 64.0 Å². The number of aryl methyl sites for hydroxylation is 1.